The quantitative estimate of drug-likeness (QED) is 0.420. The summed E-state index contributed by atoms with van der Waals surface area (Å²) in [7, 11) is 0. The minimum atomic E-state index is -0.460. The number of amides is 1. The fraction of sp³-hybridized carbons (Fsp3) is 0.182. The molecule has 0 saturated carbocycles. The largest absolute Gasteiger partial charge is 0.438 e. The molecule has 0 N–H and O–H groups in total. The Balaban J connectivity index is 1.82. The summed E-state index contributed by atoms with van der Waals surface area (Å²) in [4.78, 5) is 32.0. The van der Waals surface area contributed by atoms with Crippen molar-refractivity contribution in [3.63, 3.8) is 0 Å². The highest BCUT2D eigenvalue weighted by Crippen LogP contribution is 2.25. The van der Waals surface area contributed by atoms with Gasteiger partial charge in [-0.2, -0.15) is 10.2 Å². The van der Waals surface area contributed by atoms with Gasteiger partial charge in [-0.05, 0) is 42.5 Å². The van der Waals surface area contributed by atoms with Crippen LogP contribution in [0.3, 0.4) is 0 Å². The lowest BCUT2D eigenvalue weighted by atomic mass is 10.1. The topological polar surface area (TPSA) is 96.9 Å². The molecule has 4 rings (SSSR count). The summed E-state index contributed by atoms with van der Waals surface area (Å²) in [5, 5.41) is 9.63. The third-order valence-electron chi connectivity index (χ3n) is 4.70. The number of rotatable bonds is 4. The molecule has 0 unspecified atom stereocenters. The minimum absolute atomic E-state index is 0.0149. The van der Waals surface area contributed by atoms with E-state index >= 15 is 0 Å². The van der Waals surface area contributed by atoms with E-state index in [2.05, 4.69) is 20.9 Å². The van der Waals surface area contributed by atoms with Crippen molar-refractivity contribution in [2.24, 2.45) is 0 Å². The molecular weight excluding hydrogens is 464 g/mol. The average Bonchev–Trinajstić information content (AvgIpc) is 2.81. The number of hydrogen-bond donors (Lipinski definition) is 0. The Hall–Kier alpha value is -3.48. The highest BCUT2D eigenvalue weighted by atomic mass is 79.9. The summed E-state index contributed by atoms with van der Waals surface area (Å²) >= 11 is 3.36. The number of aromatic nitrogens is 2. The van der Waals surface area contributed by atoms with Gasteiger partial charge in [0, 0.05) is 23.8 Å². The summed E-state index contributed by atoms with van der Waals surface area (Å²) in [6.07, 6.45) is 2.82. The molecular formula is C22H17BrN4O4. The number of halogens is 1. The van der Waals surface area contributed by atoms with Crippen molar-refractivity contribution in [3.8, 4) is 17.7 Å². The van der Waals surface area contributed by atoms with Gasteiger partial charge >= 0.3 is 0 Å². The predicted molar refractivity (Wildman–Crippen MR) is 117 cm³/mol. The molecule has 1 aliphatic rings. The normalized spacial score (nSPS) is 14.3. The lowest BCUT2D eigenvalue weighted by Crippen LogP contribution is -2.41. The van der Waals surface area contributed by atoms with Crippen molar-refractivity contribution in [3.05, 3.63) is 74.6 Å². The van der Waals surface area contributed by atoms with E-state index in [1.165, 1.54) is 15.4 Å². The van der Waals surface area contributed by atoms with Gasteiger partial charge in [-0.15, -0.1) is 0 Å². The number of benzene rings is 1. The van der Waals surface area contributed by atoms with E-state index in [-0.39, 0.29) is 17.0 Å². The Kier molecular flexibility index (Phi) is 6.11. The van der Waals surface area contributed by atoms with Crippen molar-refractivity contribution >= 4 is 33.6 Å². The first-order valence-corrected chi connectivity index (χ1v) is 10.3. The van der Waals surface area contributed by atoms with Crippen molar-refractivity contribution in [1.82, 2.24) is 14.3 Å². The second-order valence-electron chi connectivity index (χ2n) is 6.69. The van der Waals surface area contributed by atoms with E-state index in [1.54, 1.807) is 48.7 Å². The molecule has 1 fully saturated rings. The molecule has 1 amide bonds. The van der Waals surface area contributed by atoms with Crippen LogP contribution in [-0.2, 0) is 9.53 Å². The number of morpholine rings is 1. The van der Waals surface area contributed by atoms with E-state index in [0.717, 1.165) is 4.47 Å². The number of ether oxygens (including phenoxy) is 2. The molecule has 9 heteroatoms. The molecule has 0 atom stereocenters. The molecule has 0 aliphatic carbocycles. The second-order valence-corrected chi connectivity index (χ2v) is 7.61. The average molecular weight is 481 g/mol. The SMILES string of the molecule is N#CC(=Cc1c(Oc2ccc(Br)cc2)nc2ccccn2c1=O)C(=O)N1CCOCC1. The molecule has 0 spiro atoms. The predicted octanol–water partition coefficient (Wildman–Crippen LogP) is 3.02. The number of nitriles is 1. The molecule has 1 saturated heterocycles. The standard InChI is InChI=1S/C22H17BrN4O4/c23-16-4-6-17(7-5-16)31-20-18(22(29)27-8-2-1-3-19(27)25-20)13-15(14-24)21(28)26-9-11-30-12-10-26/h1-8,13H,9-12H2. The summed E-state index contributed by atoms with van der Waals surface area (Å²) < 4.78 is 13.4. The number of carbonyl (C=O) groups is 1. The molecule has 31 heavy (non-hydrogen) atoms. The zero-order chi connectivity index (χ0) is 21.8. The molecule has 1 aromatic carbocycles. The van der Waals surface area contributed by atoms with E-state index in [9.17, 15) is 14.9 Å². The molecule has 2 aromatic heterocycles. The number of hydrogen-bond acceptors (Lipinski definition) is 6. The van der Waals surface area contributed by atoms with Gasteiger partial charge in [0.25, 0.3) is 11.5 Å². The maximum atomic E-state index is 13.2. The number of nitrogens with zero attached hydrogens (tertiary/aromatic N) is 4. The van der Waals surface area contributed by atoms with Crippen LogP contribution in [0.4, 0.5) is 0 Å². The maximum absolute atomic E-state index is 13.2. The van der Waals surface area contributed by atoms with Crippen molar-refractivity contribution in [2.45, 2.75) is 0 Å². The van der Waals surface area contributed by atoms with E-state index in [4.69, 9.17) is 9.47 Å². The molecule has 156 valence electrons. The lowest BCUT2D eigenvalue weighted by molar-refractivity contribution is -0.130. The molecule has 3 aromatic rings. The van der Waals surface area contributed by atoms with E-state index < -0.39 is 11.5 Å². The van der Waals surface area contributed by atoms with Crippen molar-refractivity contribution < 1.29 is 14.3 Å². The van der Waals surface area contributed by atoms with Gasteiger partial charge in [0.2, 0.25) is 5.88 Å². The van der Waals surface area contributed by atoms with Crippen LogP contribution >= 0.6 is 15.9 Å². The van der Waals surface area contributed by atoms with Gasteiger partial charge < -0.3 is 14.4 Å². The fourth-order valence-corrected chi connectivity index (χ4v) is 3.39. The van der Waals surface area contributed by atoms with Crippen LogP contribution in [0.25, 0.3) is 11.7 Å². The van der Waals surface area contributed by atoms with Crippen LogP contribution < -0.4 is 10.3 Å². The van der Waals surface area contributed by atoms with Gasteiger partial charge in [-0.25, -0.2) is 0 Å². The highest BCUT2D eigenvalue weighted by molar-refractivity contribution is 9.10. The van der Waals surface area contributed by atoms with Crippen LogP contribution in [0.1, 0.15) is 5.56 Å². The van der Waals surface area contributed by atoms with Gasteiger partial charge in [0.1, 0.15) is 28.6 Å². The van der Waals surface area contributed by atoms with Crippen LogP contribution in [0.2, 0.25) is 0 Å². The smallest absolute Gasteiger partial charge is 0.269 e. The zero-order valence-electron chi connectivity index (χ0n) is 16.3. The number of fused-ring (bicyclic) bond motifs is 1. The van der Waals surface area contributed by atoms with Crippen molar-refractivity contribution in [2.75, 3.05) is 26.3 Å². The Bertz CT molecular complexity index is 1260. The maximum Gasteiger partial charge on any atom is 0.269 e. The first kappa shape index (κ1) is 20.8. The minimum Gasteiger partial charge on any atom is -0.438 e. The van der Waals surface area contributed by atoms with Crippen LogP contribution in [0, 0.1) is 11.3 Å². The Morgan fingerprint density at radius 1 is 1.19 bits per heavy atom. The lowest BCUT2D eigenvalue weighted by Gasteiger charge is -2.26. The first-order chi connectivity index (χ1) is 15.1. The molecule has 0 radical (unpaired) electrons. The van der Waals surface area contributed by atoms with Crippen LogP contribution in [-0.4, -0.2) is 46.5 Å². The summed E-state index contributed by atoms with van der Waals surface area (Å²) in [6.45, 7) is 1.58. The summed E-state index contributed by atoms with van der Waals surface area (Å²) in [5.41, 5.74) is -0.211. The molecule has 8 nitrogen and oxygen atoms in total. The third-order valence-corrected chi connectivity index (χ3v) is 5.23. The zero-order valence-corrected chi connectivity index (χ0v) is 17.9. The van der Waals surface area contributed by atoms with Gasteiger partial charge in [-0.3, -0.25) is 14.0 Å². The Morgan fingerprint density at radius 3 is 2.65 bits per heavy atom. The second kappa shape index (κ2) is 9.12. The van der Waals surface area contributed by atoms with Gasteiger partial charge in [0.15, 0.2) is 0 Å². The number of carbonyl (C=O) groups excluding carboxylic acids is 1. The molecule has 3 heterocycles. The monoisotopic (exact) mass is 480 g/mol. The Labute approximate surface area is 186 Å². The van der Waals surface area contributed by atoms with Gasteiger partial charge in [-0.1, -0.05) is 22.0 Å². The van der Waals surface area contributed by atoms with Gasteiger partial charge in [0.05, 0.1) is 13.2 Å². The van der Waals surface area contributed by atoms with Crippen LogP contribution in [0.5, 0.6) is 11.6 Å². The highest BCUT2D eigenvalue weighted by Gasteiger charge is 2.23. The van der Waals surface area contributed by atoms with E-state index in [1.807, 2.05) is 6.07 Å². The Morgan fingerprint density at radius 2 is 1.94 bits per heavy atom. The first-order valence-electron chi connectivity index (χ1n) is 9.50. The third kappa shape index (κ3) is 4.50. The molecule has 0 bridgehead atoms. The molecule has 1 aliphatic heterocycles. The summed E-state index contributed by atoms with van der Waals surface area (Å²) in [6, 6.07) is 14.1. The van der Waals surface area contributed by atoms with Crippen LogP contribution in [0.15, 0.2) is 63.5 Å². The van der Waals surface area contributed by atoms with E-state index in [0.29, 0.717) is 37.7 Å². The van der Waals surface area contributed by atoms with Crippen molar-refractivity contribution in [1.29, 1.82) is 5.26 Å². The summed E-state index contributed by atoms with van der Waals surface area (Å²) in [5.74, 6) is 0.0158. The fourth-order valence-electron chi connectivity index (χ4n) is 3.12. The number of pyridine rings is 1.